The molecule has 2 aromatic heterocycles. The Balaban J connectivity index is 1.56. The SMILES string of the molecule is NCCC(=O)N1CC(c2cc3cc(-c4ccccc4O)nnc3[nH]2)C1. The van der Waals surface area contributed by atoms with E-state index in [0.717, 1.165) is 11.1 Å². The van der Waals surface area contributed by atoms with Crippen LogP contribution in [0.5, 0.6) is 5.75 Å². The van der Waals surface area contributed by atoms with E-state index < -0.39 is 0 Å². The van der Waals surface area contributed by atoms with Crippen LogP contribution in [0.15, 0.2) is 36.4 Å². The van der Waals surface area contributed by atoms with Crippen LogP contribution in [0.2, 0.25) is 0 Å². The summed E-state index contributed by atoms with van der Waals surface area (Å²) < 4.78 is 0. The highest BCUT2D eigenvalue weighted by atomic mass is 16.3. The molecular weight excluding hydrogens is 318 g/mol. The Hall–Kier alpha value is -2.93. The van der Waals surface area contributed by atoms with Crippen LogP contribution in [0.3, 0.4) is 0 Å². The molecule has 1 aliphatic heterocycles. The smallest absolute Gasteiger partial charge is 0.223 e. The number of carbonyl (C=O) groups excluding carboxylic acids is 1. The fourth-order valence-corrected chi connectivity index (χ4v) is 3.16. The summed E-state index contributed by atoms with van der Waals surface area (Å²) in [5.41, 5.74) is 8.47. The molecule has 1 saturated heterocycles. The number of aromatic hydroxyl groups is 1. The van der Waals surface area contributed by atoms with Crippen LogP contribution < -0.4 is 5.73 Å². The number of nitrogens with two attached hydrogens (primary N) is 1. The molecule has 1 aromatic carbocycles. The number of hydrogen-bond acceptors (Lipinski definition) is 5. The zero-order valence-electron chi connectivity index (χ0n) is 13.6. The maximum atomic E-state index is 11.8. The molecule has 4 rings (SSSR count). The number of fused-ring (bicyclic) bond motifs is 1. The van der Waals surface area contributed by atoms with Gasteiger partial charge in [-0.15, -0.1) is 10.2 Å². The van der Waals surface area contributed by atoms with Gasteiger partial charge in [0.1, 0.15) is 5.75 Å². The molecule has 1 amide bonds. The third kappa shape index (κ3) is 2.83. The summed E-state index contributed by atoms with van der Waals surface area (Å²) in [6.07, 6.45) is 0.398. The highest BCUT2D eigenvalue weighted by Crippen LogP contribution is 2.31. The minimum absolute atomic E-state index is 0.108. The third-order valence-corrected chi connectivity index (χ3v) is 4.61. The van der Waals surface area contributed by atoms with Crippen LogP contribution in [-0.4, -0.2) is 50.7 Å². The van der Waals surface area contributed by atoms with Crippen molar-refractivity contribution in [3.63, 3.8) is 0 Å². The molecule has 1 fully saturated rings. The lowest BCUT2D eigenvalue weighted by molar-refractivity contribution is -0.135. The number of amides is 1. The minimum Gasteiger partial charge on any atom is -0.507 e. The summed E-state index contributed by atoms with van der Waals surface area (Å²) in [6.45, 7) is 1.79. The molecule has 0 aliphatic carbocycles. The summed E-state index contributed by atoms with van der Waals surface area (Å²) in [5, 5.41) is 19.4. The Morgan fingerprint density at radius 3 is 2.84 bits per heavy atom. The lowest BCUT2D eigenvalue weighted by Gasteiger charge is -2.38. The number of phenolic OH excluding ortho intramolecular Hbond substituents is 1. The Kier molecular flexibility index (Phi) is 3.85. The number of nitrogens with zero attached hydrogens (tertiary/aromatic N) is 3. The van der Waals surface area contributed by atoms with Crippen LogP contribution in [0.4, 0.5) is 0 Å². The molecule has 0 saturated carbocycles. The number of likely N-dealkylation sites (tertiary alicyclic amines) is 1. The van der Waals surface area contributed by atoms with Crippen molar-refractivity contribution in [2.24, 2.45) is 5.73 Å². The number of hydrogen-bond donors (Lipinski definition) is 3. The van der Waals surface area contributed by atoms with E-state index in [-0.39, 0.29) is 17.6 Å². The second-order valence-electron chi connectivity index (χ2n) is 6.31. The molecule has 0 atom stereocenters. The van der Waals surface area contributed by atoms with Gasteiger partial charge < -0.3 is 20.7 Å². The average molecular weight is 337 g/mol. The lowest BCUT2D eigenvalue weighted by Crippen LogP contribution is -2.49. The van der Waals surface area contributed by atoms with E-state index in [9.17, 15) is 9.90 Å². The molecule has 0 radical (unpaired) electrons. The average Bonchev–Trinajstić information content (AvgIpc) is 2.96. The van der Waals surface area contributed by atoms with Gasteiger partial charge in [-0.25, -0.2) is 0 Å². The number of nitrogens with one attached hydrogen (secondary N) is 1. The molecule has 1 aliphatic rings. The minimum atomic E-state index is 0.108. The van der Waals surface area contributed by atoms with E-state index in [1.165, 1.54) is 0 Å². The molecule has 0 spiro atoms. The predicted molar refractivity (Wildman–Crippen MR) is 94.0 cm³/mol. The summed E-state index contributed by atoms with van der Waals surface area (Å²) >= 11 is 0. The topological polar surface area (TPSA) is 108 Å². The molecule has 3 aromatic rings. The molecular formula is C18H19N5O2. The highest BCUT2D eigenvalue weighted by molar-refractivity contribution is 5.82. The summed E-state index contributed by atoms with van der Waals surface area (Å²) in [5.74, 6) is 0.570. The first-order valence-corrected chi connectivity index (χ1v) is 8.28. The van der Waals surface area contributed by atoms with E-state index in [2.05, 4.69) is 15.2 Å². The van der Waals surface area contributed by atoms with Crippen molar-refractivity contribution in [1.29, 1.82) is 0 Å². The molecule has 0 bridgehead atoms. The van der Waals surface area contributed by atoms with Gasteiger partial charge >= 0.3 is 0 Å². The first-order chi connectivity index (χ1) is 12.2. The molecule has 7 nitrogen and oxygen atoms in total. The molecule has 0 unspecified atom stereocenters. The Bertz CT molecular complexity index is 930. The predicted octanol–water partition coefficient (Wildman–Crippen LogP) is 1.61. The van der Waals surface area contributed by atoms with Crippen LogP contribution >= 0.6 is 0 Å². The van der Waals surface area contributed by atoms with E-state index in [1.54, 1.807) is 12.1 Å². The lowest BCUT2D eigenvalue weighted by atomic mass is 9.96. The van der Waals surface area contributed by atoms with E-state index in [1.807, 2.05) is 29.2 Å². The molecule has 4 N–H and O–H groups in total. The van der Waals surface area contributed by atoms with Gasteiger partial charge in [-0.1, -0.05) is 12.1 Å². The number of benzene rings is 1. The maximum absolute atomic E-state index is 11.8. The number of aromatic amines is 1. The number of carbonyl (C=O) groups is 1. The summed E-state index contributed by atoms with van der Waals surface area (Å²) in [6, 6.07) is 11.0. The van der Waals surface area contributed by atoms with Gasteiger partial charge in [-0.3, -0.25) is 4.79 Å². The van der Waals surface area contributed by atoms with Gasteiger partial charge in [0.05, 0.1) is 5.69 Å². The third-order valence-electron chi connectivity index (χ3n) is 4.61. The van der Waals surface area contributed by atoms with Gasteiger partial charge in [0.15, 0.2) is 5.65 Å². The quantitative estimate of drug-likeness (QED) is 0.670. The van der Waals surface area contributed by atoms with Crippen molar-refractivity contribution in [3.05, 3.63) is 42.1 Å². The molecule has 25 heavy (non-hydrogen) atoms. The molecule has 128 valence electrons. The normalized spacial score (nSPS) is 14.7. The van der Waals surface area contributed by atoms with Crippen LogP contribution in [0.1, 0.15) is 18.0 Å². The van der Waals surface area contributed by atoms with Crippen molar-refractivity contribution in [3.8, 4) is 17.0 Å². The van der Waals surface area contributed by atoms with Crippen LogP contribution in [-0.2, 0) is 4.79 Å². The largest absolute Gasteiger partial charge is 0.507 e. The van der Waals surface area contributed by atoms with Crippen molar-refractivity contribution >= 4 is 16.9 Å². The zero-order valence-corrected chi connectivity index (χ0v) is 13.6. The number of rotatable bonds is 4. The summed E-state index contributed by atoms with van der Waals surface area (Å²) in [4.78, 5) is 16.9. The Labute approximate surface area is 144 Å². The first kappa shape index (κ1) is 15.6. The zero-order chi connectivity index (χ0) is 17.4. The van der Waals surface area contributed by atoms with Crippen LogP contribution in [0, 0.1) is 0 Å². The fraction of sp³-hybridized carbons (Fsp3) is 0.278. The Morgan fingerprint density at radius 1 is 1.28 bits per heavy atom. The number of para-hydroxylation sites is 1. The van der Waals surface area contributed by atoms with Crippen molar-refractivity contribution in [2.75, 3.05) is 19.6 Å². The second kappa shape index (κ2) is 6.18. The monoisotopic (exact) mass is 337 g/mol. The molecule has 3 heterocycles. The van der Waals surface area contributed by atoms with E-state index in [4.69, 9.17) is 5.73 Å². The van der Waals surface area contributed by atoms with Crippen molar-refractivity contribution in [1.82, 2.24) is 20.1 Å². The van der Waals surface area contributed by atoms with Gasteiger partial charge in [0.25, 0.3) is 0 Å². The van der Waals surface area contributed by atoms with Crippen molar-refractivity contribution in [2.45, 2.75) is 12.3 Å². The number of aromatic nitrogens is 3. The fourth-order valence-electron chi connectivity index (χ4n) is 3.16. The summed E-state index contributed by atoms with van der Waals surface area (Å²) in [7, 11) is 0. The van der Waals surface area contributed by atoms with Gasteiger partial charge in [0, 0.05) is 48.6 Å². The second-order valence-corrected chi connectivity index (χ2v) is 6.31. The van der Waals surface area contributed by atoms with E-state index in [0.29, 0.717) is 43.0 Å². The van der Waals surface area contributed by atoms with E-state index >= 15 is 0 Å². The van der Waals surface area contributed by atoms with Gasteiger partial charge in [-0.05, 0) is 24.3 Å². The van der Waals surface area contributed by atoms with Crippen LogP contribution in [0.25, 0.3) is 22.3 Å². The van der Waals surface area contributed by atoms with Crippen molar-refractivity contribution < 1.29 is 9.90 Å². The first-order valence-electron chi connectivity index (χ1n) is 8.28. The Morgan fingerprint density at radius 2 is 2.08 bits per heavy atom. The molecule has 7 heteroatoms. The van der Waals surface area contributed by atoms with Gasteiger partial charge in [0.2, 0.25) is 5.91 Å². The number of H-pyrrole nitrogens is 1. The number of phenols is 1. The highest BCUT2D eigenvalue weighted by Gasteiger charge is 2.32. The maximum Gasteiger partial charge on any atom is 0.223 e. The standard InChI is InChI=1S/C18H19N5O2/c19-6-5-17(25)23-9-12(10-23)14-7-11-8-15(21-22-18(11)20-14)13-3-1-2-4-16(13)24/h1-4,7-8,12,24H,5-6,9-10,19H2,(H,20,22). The van der Waals surface area contributed by atoms with Gasteiger partial charge in [-0.2, -0.15) is 0 Å².